The number of alkyl carbamates (subject to hydrolysis) is 1. The van der Waals surface area contributed by atoms with Gasteiger partial charge in [0.2, 0.25) is 0 Å². The molecule has 0 aliphatic heterocycles. The molecule has 0 spiro atoms. The Morgan fingerprint density at radius 1 is 1.00 bits per heavy atom. The van der Waals surface area contributed by atoms with Gasteiger partial charge in [-0.15, -0.1) is 0 Å². The molecular formula is C20H22F3NO3. The molecule has 2 aromatic carbocycles. The Balaban J connectivity index is 1.92. The van der Waals surface area contributed by atoms with Gasteiger partial charge in [-0.05, 0) is 57.0 Å². The van der Waals surface area contributed by atoms with E-state index in [0.717, 1.165) is 11.6 Å². The van der Waals surface area contributed by atoms with Gasteiger partial charge in [-0.2, -0.15) is 13.2 Å². The second-order valence-electron chi connectivity index (χ2n) is 6.92. The molecule has 0 saturated carbocycles. The van der Waals surface area contributed by atoms with Crippen molar-refractivity contribution in [3.8, 4) is 11.5 Å². The van der Waals surface area contributed by atoms with E-state index >= 15 is 0 Å². The molecule has 0 radical (unpaired) electrons. The van der Waals surface area contributed by atoms with Crippen molar-refractivity contribution in [2.24, 2.45) is 0 Å². The molecule has 0 heterocycles. The molecular weight excluding hydrogens is 359 g/mol. The number of hydrogen-bond donors (Lipinski definition) is 1. The minimum Gasteiger partial charge on any atom is -0.457 e. The van der Waals surface area contributed by atoms with E-state index in [2.05, 4.69) is 5.32 Å². The number of amides is 1. The molecule has 0 unspecified atom stereocenters. The Bertz CT molecular complexity index is 765. The number of carbonyl (C=O) groups excluding carboxylic acids is 1. The van der Waals surface area contributed by atoms with Crippen molar-refractivity contribution >= 4 is 6.09 Å². The minimum absolute atomic E-state index is 0.246. The van der Waals surface area contributed by atoms with Crippen LogP contribution in [0.5, 0.6) is 11.5 Å². The summed E-state index contributed by atoms with van der Waals surface area (Å²) in [6, 6.07) is 11.7. The van der Waals surface area contributed by atoms with Crippen LogP contribution in [0.4, 0.5) is 18.0 Å². The monoisotopic (exact) mass is 381 g/mol. The smallest absolute Gasteiger partial charge is 0.419 e. The summed E-state index contributed by atoms with van der Waals surface area (Å²) < 4.78 is 49.5. The van der Waals surface area contributed by atoms with Crippen LogP contribution < -0.4 is 10.1 Å². The van der Waals surface area contributed by atoms with Gasteiger partial charge in [0.1, 0.15) is 17.1 Å². The van der Waals surface area contributed by atoms with Crippen LogP contribution in [0.3, 0.4) is 0 Å². The first-order chi connectivity index (χ1) is 12.5. The van der Waals surface area contributed by atoms with Crippen LogP contribution in [0.25, 0.3) is 0 Å². The van der Waals surface area contributed by atoms with E-state index in [4.69, 9.17) is 9.47 Å². The largest absolute Gasteiger partial charge is 0.457 e. The first-order valence-corrected chi connectivity index (χ1v) is 8.44. The van der Waals surface area contributed by atoms with Crippen LogP contribution in [-0.2, 0) is 17.3 Å². The maximum Gasteiger partial charge on any atom is 0.419 e. The molecule has 2 rings (SSSR count). The van der Waals surface area contributed by atoms with Gasteiger partial charge in [-0.1, -0.05) is 24.3 Å². The number of alkyl halides is 3. The van der Waals surface area contributed by atoms with Crippen LogP contribution in [0.2, 0.25) is 0 Å². The zero-order valence-corrected chi connectivity index (χ0v) is 15.4. The van der Waals surface area contributed by atoms with E-state index in [1.165, 1.54) is 18.2 Å². The Morgan fingerprint density at radius 3 is 2.22 bits per heavy atom. The molecule has 4 nitrogen and oxygen atoms in total. The summed E-state index contributed by atoms with van der Waals surface area (Å²) >= 11 is 0. The fourth-order valence-corrected chi connectivity index (χ4v) is 2.26. The standard InChI is InChI=1S/C20H22F3NO3/c1-19(2,3)27-18(25)24-13-12-14-8-10-15(11-9-14)26-17-7-5-4-6-16(17)20(21,22)23/h4-11H,12-13H2,1-3H3,(H,24,25). The summed E-state index contributed by atoms with van der Waals surface area (Å²) in [6.45, 7) is 5.72. The third-order valence-corrected chi connectivity index (χ3v) is 3.43. The van der Waals surface area contributed by atoms with Gasteiger partial charge < -0.3 is 14.8 Å². The summed E-state index contributed by atoms with van der Waals surface area (Å²) in [7, 11) is 0. The average Bonchev–Trinajstić information content (AvgIpc) is 2.54. The van der Waals surface area contributed by atoms with Crippen molar-refractivity contribution < 1.29 is 27.4 Å². The number of benzene rings is 2. The zero-order valence-electron chi connectivity index (χ0n) is 15.4. The lowest BCUT2D eigenvalue weighted by Gasteiger charge is -2.19. The molecule has 0 saturated heterocycles. The first kappa shape index (κ1) is 20.6. The lowest BCUT2D eigenvalue weighted by molar-refractivity contribution is -0.138. The van der Waals surface area contributed by atoms with Crippen molar-refractivity contribution in [1.82, 2.24) is 5.32 Å². The Morgan fingerprint density at radius 2 is 1.63 bits per heavy atom. The van der Waals surface area contributed by atoms with Crippen molar-refractivity contribution in [3.63, 3.8) is 0 Å². The third kappa shape index (κ3) is 6.84. The Hall–Kier alpha value is -2.70. The summed E-state index contributed by atoms with van der Waals surface area (Å²) in [5, 5.41) is 2.65. The molecule has 0 fully saturated rings. The van der Waals surface area contributed by atoms with Crippen LogP contribution in [0, 0.1) is 0 Å². The summed E-state index contributed by atoms with van der Waals surface area (Å²) in [6.07, 6.45) is -4.42. The average molecular weight is 381 g/mol. The van der Waals surface area contributed by atoms with Gasteiger partial charge >= 0.3 is 12.3 Å². The second-order valence-corrected chi connectivity index (χ2v) is 6.92. The van der Waals surface area contributed by atoms with E-state index in [1.807, 2.05) is 0 Å². The lowest BCUT2D eigenvalue weighted by Crippen LogP contribution is -2.33. The SMILES string of the molecule is CC(C)(C)OC(=O)NCCc1ccc(Oc2ccccc2C(F)(F)F)cc1. The normalized spacial score (nSPS) is 11.8. The van der Waals surface area contributed by atoms with Crippen LogP contribution in [0.1, 0.15) is 31.9 Å². The highest BCUT2D eigenvalue weighted by Gasteiger charge is 2.34. The van der Waals surface area contributed by atoms with Gasteiger partial charge in [-0.25, -0.2) is 4.79 Å². The van der Waals surface area contributed by atoms with Gasteiger partial charge in [-0.3, -0.25) is 0 Å². The number of nitrogens with one attached hydrogen (secondary N) is 1. The topological polar surface area (TPSA) is 47.6 Å². The maximum absolute atomic E-state index is 13.0. The van der Waals surface area contributed by atoms with Crippen LogP contribution in [0.15, 0.2) is 48.5 Å². The molecule has 1 N–H and O–H groups in total. The quantitative estimate of drug-likeness (QED) is 0.737. The van der Waals surface area contributed by atoms with Gasteiger partial charge in [0.05, 0.1) is 5.56 Å². The van der Waals surface area contributed by atoms with Gasteiger partial charge in [0, 0.05) is 6.54 Å². The highest BCUT2D eigenvalue weighted by atomic mass is 19.4. The molecule has 1 amide bonds. The van der Waals surface area contributed by atoms with Crippen molar-refractivity contribution in [2.75, 3.05) is 6.54 Å². The molecule has 0 aliphatic carbocycles. The van der Waals surface area contributed by atoms with Gasteiger partial charge in [0.25, 0.3) is 0 Å². The van der Waals surface area contributed by atoms with E-state index in [0.29, 0.717) is 18.7 Å². The number of halogens is 3. The van der Waals surface area contributed by atoms with E-state index < -0.39 is 23.4 Å². The summed E-state index contributed by atoms with van der Waals surface area (Å²) in [4.78, 5) is 11.6. The van der Waals surface area contributed by atoms with Crippen molar-refractivity contribution in [2.45, 2.75) is 39.0 Å². The van der Waals surface area contributed by atoms with Crippen molar-refractivity contribution in [3.05, 3.63) is 59.7 Å². The van der Waals surface area contributed by atoms with Crippen LogP contribution in [-0.4, -0.2) is 18.2 Å². The van der Waals surface area contributed by atoms with E-state index in [-0.39, 0.29) is 5.75 Å². The maximum atomic E-state index is 13.0. The first-order valence-electron chi connectivity index (χ1n) is 8.44. The third-order valence-electron chi connectivity index (χ3n) is 3.43. The molecule has 27 heavy (non-hydrogen) atoms. The minimum atomic E-state index is -4.48. The highest BCUT2D eigenvalue weighted by molar-refractivity contribution is 5.67. The number of hydrogen-bond acceptors (Lipinski definition) is 3. The zero-order chi connectivity index (χ0) is 20.1. The van der Waals surface area contributed by atoms with Crippen LogP contribution >= 0.6 is 0 Å². The highest BCUT2D eigenvalue weighted by Crippen LogP contribution is 2.37. The molecule has 7 heteroatoms. The molecule has 146 valence electrons. The number of carbonyl (C=O) groups is 1. The number of ether oxygens (including phenoxy) is 2. The van der Waals surface area contributed by atoms with E-state index in [1.54, 1.807) is 45.0 Å². The number of rotatable bonds is 5. The molecule has 0 atom stereocenters. The lowest BCUT2D eigenvalue weighted by atomic mass is 10.1. The summed E-state index contributed by atoms with van der Waals surface area (Å²) in [5.41, 5.74) is -0.478. The fourth-order valence-electron chi connectivity index (χ4n) is 2.26. The Kier molecular flexibility index (Phi) is 6.36. The molecule has 0 aromatic heterocycles. The van der Waals surface area contributed by atoms with Gasteiger partial charge in [0.15, 0.2) is 0 Å². The predicted molar refractivity (Wildman–Crippen MR) is 95.9 cm³/mol. The second kappa shape index (κ2) is 8.33. The number of para-hydroxylation sites is 1. The molecule has 0 aliphatic rings. The van der Waals surface area contributed by atoms with Crippen molar-refractivity contribution in [1.29, 1.82) is 0 Å². The molecule has 0 bridgehead atoms. The molecule has 2 aromatic rings. The fraction of sp³-hybridized carbons (Fsp3) is 0.350. The predicted octanol–water partition coefficient (Wildman–Crippen LogP) is 5.56. The summed E-state index contributed by atoms with van der Waals surface area (Å²) in [5.74, 6) is 0.0555. The van der Waals surface area contributed by atoms with E-state index in [9.17, 15) is 18.0 Å². The Labute approximate surface area is 156 Å².